The average Bonchev–Trinajstić information content (AvgIpc) is 2.65. The molecule has 148 valence electrons. The zero-order valence-corrected chi connectivity index (χ0v) is 16.7. The number of nitrogens with zero attached hydrogens (tertiary/aromatic N) is 1. The van der Waals surface area contributed by atoms with Crippen LogP contribution < -0.4 is 5.32 Å². The number of aromatic nitrogens is 1. The van der Waals surface area contributed by atoms with E-state index in [0.717, 1.165) is 16.6 Å². The maximum atomic E-state index is 14.1. The van der Waals surface area contributed by atoms with E-state index < -0.39 is 17.6 Å². The van der Waals surface area contributed by atoms with Gasteiger partial charge < -0.3 is 5.32 Å². The maximum absolute atomic E-state index is 14.1. The first-order valence-electron chi connectivity index (χ1n) is 9.11. The summed E-state index contributed by atoms with van der Waals surface area (Å²) in [5, 5.41) is 4.44. The fraction of sp³-hybridized carbons (Fsp3) is 0.318. The second-order valence-corrected chi connectivity index (χ2v) is 7.66. The molecule has 1 unspecified atom stereocenters. The molecule has 0 fully saturated rings. The molecule has 0 saturated carbocycles. The Bertz CT molecular complexity index is 970. The van der Waals surface area contributed by atoms with Crippen LogP contribution in [-0.4, -0.2) is 11.2 Å². The van der Waals surface area contributed by atoms with E-state index in [0.29, 0.717) is 16.3 Å². The number of hydrogen-bond donors (Lipinski definition) is 1. The topological polar surface area (TPSA) is 24.9 Å². The molecule has 0 aliphatic heterocycles. The number of alkyl halides is 3. The summed E-state index contributed by atoms with van der Waals surface area (Å²) in [7, 11) is 0. The molecular weight excluding hydrogens is 385 g/mol. The van der Waals surface area contributed by atoms with Crippen molar-refractivity contribution in [2.45, 2.75) is 39.4 Å². The normalized spacial score (nSPS) is 15.2. The van der Waals surface area contributed by atoms with Crippen LogP contribution in [0.25, 0.3) is 10.9 Å². The third kappa shape index (κ3) is 3.81. The van der Waals surface area contributed by atoms with E-state index in [4.69, 9.17) is 11.6 Å². The summed E-state index contributed by atoms with van der Waals surface area (Å²) in [6.07, 6.45) is -4.46. The summed E-state index contributed by atoms with van der Waals surface area (Å²) >= 11 is 5.96. The summed E-state index contributed by atoms with van der Waals surface area (Å²) in [6.45, 7) is 4.70. The highest BCUT2D eigenvalue weighted by Crippen LogP contribution is 2.51. The van der Waals surface area contributed by atoms with Gasteiger partial charge in [-0.2, -0.15) is 13.2 Å². The third-order valence-corrected chi connectivity index (χ3v) is 5.65. The minimum Gasteiger partial charge on any atom is -0.377 e. The molecule has 1 N–H and O–H groups in total. The molecule has 6 heteroatoms. The molecular formula is C22H22ClF3N2. The summed E-state index contributed by atoms with van der Waals surface area (Å²) in [5.74, 6) is 0. The highest BCUT2D eigenvalue weighted by Gasteiger charge is 2.55. The lowest BCUT2D eigenvalue weighted by Crippen LogP contribution is -2.43. The van der Waals surface area contributed by atoms with Crippen molar-refractivity contribution < 1.29 is 13.2 Å². The van der Waals surface area contributed by atoms with Crippen molar-refractivity contribution in [3.05, 3.63) is 70.9 Å². The zero-order chi connectivity index (χ0) is 20.5. The summed E-state index contributed by atoms with van der Waals surface area (Å²) in [4.78, 5) is 4.48. The van der Waals surface area contributed by atoms with Crippen molar-refractivity contribution in [1.29, 1.82) is 0 Å². The van der Waals surface area contributed by atoms with E-state index in [1.54, 1.807) is 43.3 Å². The standard InChI is InChI=1S/C22H22ClF3N2/c1-4-21(3,22(24,25)26)20(15-9-11-16(23)12-10-15)28-19-7-5-6-18-17(19)13-8-14(2)27-18/h5-13,20,28H,4H2,1-3H3/t20?,21-/m0/s1. The van der Waals surface area contributed by atoms with Crippen LogP contribution in [0.15, 0.2) is 54.6 Å². The van der Waals surface area contributed by atoms with Gasteiger partial charge in [-0.15, -0.1) is 0 Å². The largest absolute Gasteiger partial charge is 0.396 e. The van der Waals surface area contributed by atoms with Crippen molar-refractivity contribution >= 4 is 28.2 Å². The molecule has 0 radical (unpaired) electrons. The third-order valence-electron chi connectivity index (χ3n) is 5.39. The van der Waals surface area contributed by atoms with Gasteiger partial charge in [-0.25, -0.2) is 0 Å². The molecule has 0 spiro atoms. The number of pyridine rings is 1. The van der Waals surface area contributed by atoms with Gasteiger partial charge in [-0.1, -0.05) is 36.7 Å². The van der Waals surface area contributed by atoms with E-state index in [-0.39, 0.29) is 6.42 Å². The molecule has 0 aliphatic rings. The molecule has 0 aliphatic carbocycles. The van der Waals surface area contributed by atoms with Crippen LogP contribution in [0.4, 0.5) is 18.9 Å². The van der Waals surface area contributed by atoms with Crippen LogP contribution in [0.5, 0.6) is 0 Å². The number of halogens is 4. The van der Waals surface area contributed by atoms with Crippen LogP contribution in [0.1, 0.15) is 37.6 Å². The monoisotopic (exact) mass is 406 g/mol. The molecule has 0 amide bonds. The zero-order valence-electron chi connectivity index (χ0n) is 15.9. The van der Waals surface area contributed by atoms with Crippen molar-refractivity contribution in [2.24, 2.45) is 5.41 Å². The molecule has 3 aromatic rings. The van der Waals surface area contributed by atoms with Crippen LogP contribution in [-0.2, 0) is 0 Å². The Labute approximate surface area is 167 Å². The molecule has 1 heterocycles. The fourth-order valence-electron chi connectivity index (χ4n) is 3.37. The van der Waals surface area contributed by atoms with E-state index >= 15 is 0 Å². The first kappa shape index (κ1) is 20.5. The number of nitrogens with one attached hydrogen (secondary N) is 1. The van der Waals surface area contributed by atoms with Crippen LogP contribution in [0, 0.1) is 12.3 Å². The Kier molecular flexibility index (Phi) is 5.57. The van der Waals surface area contributed by atoms with Crippen molar-refractivity contribution in [3.8, 4) is 0 Å². The van der Waals surface area contributed by atoms with Gasteiger partial charge in [-0.3, -0.25) is 4.98 Å². The smallest absolute Gasteiger partial charge is 0.377 e. The van der Waals surface area contributed by atoms with Crippen LogP contribution in [0.3, 0.4) is 0 Å². The van der Waals surface area contributed by atoms with Gasteiger partial charge in [0.2, 0.25) is 0 Å². The maximum Gasteiger partial charge on any atom is 0.396 e. The first-order chi connectivity index (χ1) is 13.2. The second kappa shape index (κ2) is 7.63. The van der Waals surface area contributed by atoms with Gasteiger partial charge in [0.1, 0.15) is 0 Å². The molecule has 0 bridgehead atoms. The lowest BCUT2D eigenvalue weighted by Gasteiger charge is -2.40. The van der Waals surface area contributed by atoms with Crippen molar-refractivity contribution in [1.82, 2.24) is 4.98 Å². The minimum atomic E-state index is -4.39. The fourth-order valence-corrected chi connectivity index (χ4v) is 3.50. The molecule has 1 aromatic heterocycles. The Morgan fingerprint density at radius 3 is 2.32 bits per heavy atom. The van der Waals surface area contributed by atoms with Gasteiger partial charge in [0, 0.05) is 21.8 Å². The molecule has 2 nitrogen and oxygen atoms in total. The minimum absolute atomic E-state index is 0.0705. The van der Waals surface area contributed by atoms with Gasteiger partial charge >= 0.3 is 6.18 Å². The lowest BCUT2D eigenvalue weighted by molar-refractivity contribution is -0.225. The van der Waals surface area contributed by atoms with Crippen molar-refractivity contribution in [3.63, 3.8) is 0 Å². The lowest BCUT2D eigenvalue weighted by atomic mass is 9.75. The van der Waals surface area contributed by atoms with Crippen molar-refractivity contribution in [2.75, 3.05) is 5.32 Å². The Morgan fingerprint density at radius 2 is 1.71 bits per heavy atom. The van der Waals surface area contributed by atoms with E-state index in [2.05, 4.69) is 10.3 Å². The number of benzene rings is 2. The Balaban J connectivity index is 2.14. The average molecular weight is 407 g/mol. The van der Waals surface area contributed by atoms with Crippen LogP contribution >= 0.6 is 11.6 Å². The summed E-state index contributed by atoms with van der Waals surface area (Å²) in [5.41, 5.74) is 0.774. The number of aryl methyl sites for hydroxylation is 1. The summed E-state index contributed by atoms with van der Waals surface area (Å²) < 4.78 is 42.3. The van der Waals surface area contributed by atoms with Gasteiger partial charge in [0.25, 0.3) is 0 Å². The Hall–Kier alpha value is -2.27. The predicted molar refractivity (Wildman–Crippen MR) is 109 cm³/mol. The molecule has 2 atom stereocenters. The quantitative estimate of drug-likeness (QED) is 0.479. The van der Waals surface area contributed by atoms with E-state index in [1.807, 2.05) is 25.1 Å². The first-order valence-corrected chi connectivity index (χ1v) is 9.48. The highest BCUT2D eigenvalue weighted by molar-refractivity contribution is 6.30. The van der Waals surface area contributed by atoms with E-state index in [1.165, 1.54) is 6.92 Å². The second-order valence-electron chi connectivity index (χ2n) is 7.22. The van der Waals surface area contributed by atoms with Crippen LogP contribution in [0.2, 0.25) is 5.02 Å². The van der Waals surface area contributed by atoms with Gasteiger partial charge in [-0.05, 0) is 62.2 Å². The number of hydrogen-bond acceptors (Lipinski definition) is 2. The highest BCUT2D eigenvalue weighted by atomic mass is 35.5. The van der Waals surface area contributed by atoms with E-state index in [9.17, 15) is 13.2 Å². The number of rotatable bonds is 5. The van der Waals surface area contributed by atoms with Gasteiger partial charge in [0.15, 0.2) is 0 Å². The molecule has 0 saturated heterocycles. The van der Waals surface area contributed by atoms with Gasteiger partial charge in [0.05, 0.1) is 17.0 Å². The number of fused-ring (bicyclic) bond motifs is 1. The SMILES string of the molecule is CC[C@@](C)(C(Nc1cccc2nc(C)ccc12)c1ccc(Cl)cc1)C(F)(F)F. The predicted octanol–water partition coefficient (Wildman–Crippen LogP) is 7.33. The molecule has 28 heavy (non-hydrogen) atoms. The summed E-state index contributed by atoms with van der Waals surface area (Å²) in [6, 6.07) is 14.7. The molecule has 3 rings (SSSR count). The number of anilines is 1. The Morgan fingerprint density at radius 1 is 1.04 bits per heavy atom. The molecule has 2 aromatic carbocycles.